The highest BCUT2D eigenvalue weighted by Gasteiger charge is 2.12. The molecule has 0 aliphatic carbocycles. The summed E-state index contributed by atoms with van der Waals surface area (Å²) in [5.41, 5.74) is 6.13. The number of ether oxygens (including phenoxy) is 2. The first-order chi connectivity index (χ1) is 14.1. The molecular formula is C25H26N2O2. The van der Waals surface area contributed by atoms with Crippen molar-refractivity contribution in [1.29, 1.82) is 0 Å². The standard InChI is InChI=1S/C25H26N2O2/c1-17-10-6-7-11-20(17)21-15-14-19(16-24(21)29-5)18(2)27-25(26-3)22-12-8-9-13-23(22)28-4/h6-16H,1-5H3/b26-25-,27-18+. The topological polar surface area (TPSA) is 43.2 Å². The molecule has 0 bridgehead atoms. The predicted molar refractivity (Wildman–Crippen MR) is 121 cm³/mol. The zero-order valence-corrected chi connectivity index (χ0v) is 17.6. The highest BCUT2D eigenvalue weighted by atomic mass is 16.5. The van der Waals surface area contributed by atoms with Gasteiger partial charge < -0.3 is 9.47 Å². The number of hydrogen-bond acceptors (Lipinski definition) is 3. The molecular weight excluding hydrogens is 360 g/mol. The molecule has 0 fully saturated rings. The van der Waals surface area contributed by atoms with Crippen LogP contribution in [-0.4, -0.2) is 32.8 Å². The maximum Gasteiger partial charge on any atom is 0.158 e. The molecule has 3 rings (SSSR count). The maximum absolute atomic E-state index is 5.69. The molecule has 4 nitrogen and oxygen atoms in total. The van der Waals surface area contributed by atoms with Crippen LogP contribution in [0.4, 0.5) is 0 Å². The number of benzene rings is 3. The Morgan fingerprint density at radius 1 is 0.793 bits per heavy atom. The fourth-order valence-corrected chi connectivity index (χ4v) is 3.30. The summed E-state index contributed by atoms with van der Waals surface area (Å²) in [5, 5.41) is 0. The molecule has 0 N–H and O–H groups in total. The third-order valence-electron chi connectivity index (χ3n) is 4.89. The van der Waals surface area contributed by atoms with Gasteiger partial charge in [0, 0.05) is 18.3 Å². The summed E-state index contributed by atoms with van der Waals surface area (Å²) in [7, 11) is 5.08. The summed E-state index contributed by atoms with van der Waals surface area (Å²) in [6.45, 7) is 4.08. The van der Waals surface area contributed by atoms with Crippen LogP contribution < -0.4 is 9.47 Å². The second-order valence-electron chi connectivity index (χ2n) is 6.67. The number of aliphatic imine (C=N–C) groups is 2. The summed E-state index contributed by atoms with van der Waals surface area (Å²) < 4.78 is 11.2. The van der Waals surface area contributed by atoms with E-state index in [2.05, 4.69) is 36.2 Å². The molecule has 29 heavy (non-hydrogen) atoms. The van der Waals surface area contributed by atoms with E-state index in [0.29, 0.717) is 5.84 Å². The summed E-state index contributed by atoms with van der Waals surface area (Å²) in [6, 6.07) is 22.2. The van der Waals surface area contributed by atoms with E-state index in [0.717, 1.165) is 39.5 Å². The van der Waals surface area contributed by atoms with Crippen molar-refractivity contribution >= 4 is 11.5 Å². The zero-order valence-electron chi connectivity index (χ0n) is 17.6. The number of hydrogen-bond donors (Lipinski definition) is 0. The molecule has 0 saturated heterocycles. The molecule has 0 unspecified atom stereocenters. The predicted octanol–water partition coefficient (Wildman–Crippen LogP) is 5.56. The van der Waals surface area contributed by atoms with Gasteiger partial charge in [-0.3, -0.25) is 4.99 Å². The van der Waals surface area contributed by atoms with Gasteiger partial charge in [0.15, 0.2) is 5.84 Å². The number of nitrogens with zero attached hydrogens (tertiary/aromatic N) is 2. The minimum absolute atomic E-state index is 0.627. The summed E-state index contributed by atoms with van der Waals surface area (Å²) >= 11 is 0. The van der Waals surface area contributed by atoms with Gasteiger partial charge in [-0.1, -0.05) is 42.5 Å². The highest BCUT2D eigenvalue weighted by molar-refractivity contribution is 6.12. The molecule has 0 spiro atoms. The van der Waals surface area contributed by atoms with E-state index in [9.17, 15) is 0 Å². The Morgan fingerprint density at radius 2 is 1.48 bits per heavy atom. The van der Waals surface area contributed by atoms with Crippen molar-refractivity contribution < 1.29 is 9.47 Å². The Kier molecular flexibility index (Phi) is 6.45. The monoisotopic (exact) mass is 386 g/mol. The molecule has 0 aliphatic heterocycles. The van der Waals surface area contributed by atoms with Crippen LogP contribution in [0.25, 0.3) is 11.1 Å². The van der Waals surface area contributed by atoms with Gasteiger partial charge in [-0.25, -0.2) is 4.99 Å². The Hall–Kier alpha value is -3.40. The van der Waals surface area contributed by atoms with Crippen LogP contribution in [0.5, 0.6) is 11.5 Å². The lowest BCUT2D eigenvalue weighted by Gasteiger charge is -2.13. The quantitative estimate of drug-likeness (QED) is 0.425. The second kappa shape index (κ2) is 9.20. The van der Waals surface area contributed by atoms with E-state index in [1.807, 2.05) is 49.4 Å². The van der Waals surface area contributed by atoms with Gasteiger partial charge >= 0.3 is 0 Å². The number of aryl methyl sites for hydroxylation is 1. The Balaban J connectivity index is 2.01. The molecule has 0 aromatic heterocycles. The fraction of sp³-hybridized carbons (Fsp3) is 0.200. The third kappa shape index (κ3) is 4.37. The normalized spacial score (nSPS) is 12.0. The molecule has 3 aromatic rings. The first-order valence-corrected chi connectivity index (χ1v) is 9.49. The fourth-order valence-electron chi connectivity index (χ4n) is 3.30. The minimum Gasteiger partial charge on any atom is -0.496 e. The van der Waals surface area contributed by atoms with Gasteiger partial charge in [0.05, 0.1) is 19.8 Å². The van der Waals surface area contributed by atoms with E-state index in [4.69, 9.17) is 14.5 Å². The maximum atomic E-state index is 5.69. The van der Waals surface area contributed by atoms with Crippen LogP contribution in [0, 0.1) is 6.92 Å². The van der Waals surface area contributed by atoms with Crippen molar-refractivity contribution in [1.82, 2.24) is 0 Å². The van der Waals surface area contributed by atoms with Crippen LogP contribution in [0.15, 0.2) is 76.7 Å². The van der Waals surface area contributed by atoms with Gasteiger partial charge in [0.2, 0.25) is 0 Å². The molecule has 148 valence electrons. The van der Waals surface area contributed by atoms with Crippen LogP contribution >= 0.6 is 0 Å². The van der Waals surface area contributed by atoms with E-state index < -0.39 is 0 Å². The zero-order chi connectivity index (χ0) is 20.8. The molecule has 4 heteroatoms. The van der Waals surface area contributed by atoms with Gasteiger partial charge in [-0.2, -0.15) is 0 Å². The number of para-hydroxylation sites is 1. The summed E-state index contributed by atoms with van der Waals surface area (Å²) in [6.07, 6.45) is 0. The van der Waals surface area contributed by atoms with Crippen molar-refractivity contribution in [2.75, 3.05) is 21.3 Å². The molecule has 0 amide bonds. The lowest BCUT2D eigenvalue weighted by molar-refractivity contribution is 0.414. The van der Waals surface area contributed by atoms with Crippen LogP contribution in [-0.2, 0) is 0 Å². The first-order valence-electron chi connectivity index (χ1n) is 9.49. The first kappa shape index (κ1) is 20.3. The minimum atomic E-state index is 0.627. The molecule has 0 saturated carbocycles. The molecule has 0 atom stereocenters. The average molecular weight is 386 g/mol. The van der Waals surface area contributed by atoms with Crippen molar-refractivity contribution in [2.45, 2.75) is 13.8 Å². The number of amidine groups is 1. The average Bonchev–Trinajstić information content (AvgIpc) is 2.77. The Labute approximate surface area is 172 Å². The largest absolute Gasteiger partial charge is 0.496 e. The van der Waals surface area contributed by atoms with E-state index in [1.165, 1.54) is 5.56 Å². The molecule has 3 aromatic carbocycles. The number of rotatable bonds is 5. The van der Waals surface area contributed by atoms with Crippen molar-refractivity contribution in [3.8, 4) is 22.6 Å². The van der Waals surface area contributed by atoms with Crippen molar-refractivity contribution in [3.63, 3.8) is 0 Å². The molecule has 0 radical (unpaired) electrons. The van der Waals surface area contributed by atoms with Gasteiger partial charge in [-0.15, -0.1) is 0 Å². The molecule has 0 aliphatic rings. The Morgan fingerprint density at radius 3 is 2.17 bits per heavy atom. The SMILES string of the molecule is C/N=C(\N=C(/C)c1ccc(-c2ccccc2C)c(OC)c1)c1ccccc1OC. The van der Waals surface area contributed by atoms with Crippen molar-refractivity contribution in [3.05, 3.63) is 83.4 Å². The third-order valence-corrected chi connectivity index (χ3v) is 4.89. The smallest absolute Gasteiger partial charge is 0.158 e. The van der Waals surface area contributed by atoms with Crippen LogP contribution in [0.3, 0.4) is 0 Å². The van der Waals surface area contributed by atoms with Crippen LogP contribution in [0.2, 0.25) is 0 Å². The van der Waals surface area contributed by atoms with E-state index in [1.54, 1.807) is 21.3 Å². The van der Waals surface area contributed by atoms with Crippen LogP contribution in [0.1, 0.15) is 23.6 Å². The molecule has 0 heterocycles. The van der Waals surface area contributed by atoms with Gasteiger partial charge in [0.25, 0.3) is 0 Å². The van der Waals surface area contributed by atoms with E-state index >= 15 is 0 Å². The summed E-state index contributed by atoms with van der Waals surface area (Å²) in [4.78, 5) is 9.14. The lowest BCUT2D eigenvalue weighted by Crippen LogP contribution is -2.06. The lowest BCUT2D eigenvalue weighted by atomic mass is 9.97. The number of methoxy groups -OCH3 is 2. The highest BCUT2D eigenvalue weighted by Crippen LogP contribution is 2.33. The summed E-state index contributed by atoms with van der Waals surface area (Å²) in [5.74, 6) is 2.19. The Bertz CT molecular complexity index is 1070. The van der Waals surface area contributed by atoms with E-state index in [-0.39, 0.29) is 0 Å². The van der Waals surface area contributed by atoms with Gasteiger partial charge in [-0.05, 0) is 54.8 Å². The van der Waals surface area contributed by atoms with Gasteiger partial charge in [0.1, 0.15) is 11.5 Å². The van der Waals surface area contributed by atoms with Crippen molar-refractivity contribution in [2.24, 2.45) is 9.98 Å². The second-order valence-corrected chi connectivity index (χ2v) is 6.67.